The third-order valence-electron chi connectivity index (χ3n) is 3.94. The Hall–Kier alpha value is -0.120. The lowest BCUT2D eigenvalue weighted by Crippen LogP contribution is -2.40. The van der Waals surface area contributed by atoms with E-state index in [0.29, 0.717) is 0 Å². The smallest absolute Gasteiger partial charge is 0.0195 e. The standard InChI is InChI=1S/C13H27N3/c1-15(12-13-6-5-7-14-13)10-11-16-8-3-2-4-9-16/h13-14H,2-12H2,1H3. The molecule has 1 atom stereocenters. The minimum Gasteiger partial charge on any atom is -0.313 e. The Morgan fingerprint density at radius 1 is 1.19 bits per heavy atom. The second kappa shape index (κ2) is 6.58. The molecule has 2 rings (SSSR count). The zero-order valence-electron chi connectivity index (χ0n) is 10.7. The van der Waals surface area contributed by atoms with Crippen LogP contribution in [-0.4, -0.2) is 62.2 Å². The summed E-state index contributed by atoms with van der Waals surface area (Å²) in [7, 11) is 2.27. The van der Waals surface area contributed by atoms with Gasteiger partial charge in [-0.2, -0.15) is 0 Å². The summed E-state index contributed by atoms with van der Waals surface area (Å²) >= 11 is 0. The molecule has 16 heavy (non-hydrogen) atoms. The average molecular weight is 225 g/mol. The number of likely N-dealkylation sites (N-methyl/N-ethyl adjacent to an activating group) is 1. The Morgan fingerprint density at radius 3 is 2.69 bits per heavy atom. The summed E-state index contributed by atoms with van der Waals surface area (Å²) in [6.07, 6.45) is 7.00. The maximum atomic E-state index is 3.57. The van der Waals surface area contributed by atoms with Crippen molar-refractivity contribution in [1.29, 1.82) is 0 Å². The Balaban J connectivity index is 1.57. The van der Waals surface area contributed by atoms with Gasteiger partial charge in [0.15, 0.2) is 0 Å². The maximum absolute atomic E-state index is 3.57. The van der Waals surface area contributed by atoms with Gasteiger partial charge in [-0.1, -0.05) is 6.42 Å². The fraction of sp³-hybridized carbons (Fsp3) is 1.00. The lowest BCUT2D eigenvalue weighted by atomic mass is 10.1. The highest BCUT2D eigenvalue weighted by molar-refractivity contribution is 4.77. The van der Waals surface area contributed by atoms with Crippen molar-refractivity contribution in [2.24, 2.45) is 0 Å². The van der Waals surface area contributed by atoms with Gasteiger partial charge in [0.2, 0.25) is 0 Å². The molecule has 2 heterocycles. The molecule has 0 bridgehead atoms. The highest BCUT2D eigenvalue weighted by Gasteiger charge is 2.16. The molecule has 1 unspecified atom stereocenters. The van der Waals surface area contributed by atoms with Crippen LogP contribution in [0.15, 0.2) is 0 Å². The minimum atomic E-state index is 0.756. The van der Waals surface area contributed by atoms with Gasteiger partial charge < -0.3 is 15.1 Å². The second-order valence-corrected chi connectivity index (χ2v) is 5.46. The lowest BCUT2D eigenvalue weighted by Gasteiger charge is -2.29. The summed E-state index contributed by atoms with van der Waals surface area (Å²) in [5.41, 5.74) is 0. The van der Waals surface area contributed by atoms with E-state index in [9.17, 15) is 0 Å². The first-order chi connectivity index (χ1) is 7.84. The predicted molar refractivity (Wildman–Crippen MR) is 68.8 cm³/mol. The van der Waals surface area contributed by atoms with Crippen molar-refractivity contribution in [3.8, 4) is 0 Å². The molecule has 0 aliphatic carbocycles. The van der Waals surface area contributed by atoms with Crippen molar-refractivity contribution in [3.05, 3.63) is 0 Å². The first-order valence-electron chi connectivity index (χ1n) is 6.99. The van der Waals surface area contributed by atoms with Crippen molar-refractivity contribution in [2.75, 3.05) is 46.3 Å². The van der Waals surface area contributed by atoms with Gasteiger partial charge in [0.25, 0.3) is 0 Å². The van der Waals surface area contributed by atoms with Gasteiger partial charge in [0.05, 0.1) is 0 Å². The first kappa shape index (κ1) is 12.3. The molecular weight excluding hydrogens is 198 g/mol. The van der Waals surface area contributed by atoms with E-state index in [-0.39, 0.29) is 0 Å². The van der Waals surface area contributed by atoms with E-state index in [1.54, 1.807) is 0 Å². The summed E-state index contributed by atoms with van der Waals surface area (Å²) in [6, 6.07) is 0.756. The molecule has 3 nitrogen and oxygen atoms in total. The van der Waals surface area contributed by atoms with Crippen LogP contribution in [0.25, 0.3) is 0 Å². The highest BCUT2D eigenvalue weighted by atomic mass is 15.2. The maximum Gasteiger partial charge on any atom is 0.0195 e. The molecule has 0 spiro atoms. The molecule has 0 aromatic heterocycles. The molecule has 2 aliphatic heterocycles. The van der Waals surface area contributed by atoms with E-state index in [2.05, 4.69) is 22.2 Å². The number of hydrogen-bond acceptors (Lipinski definition) is 3. The van der Waals surface area contributed by atoms with Crippen LogP contribution in [0.2, 0.25) is 0 Å². The van der Waals surface area contributed by atoms with Crippen molar-refractivity contribution < 1.29 is 0 Å². The van der Waals surface area contributed by atoms with Gasteiger partial charge in [-0.05, 0) is 52.4 Å². The van der Waals surface area contributed by atoms with E-state index in [1.807, 2.05) is 0 Å². The quantitative estimate of drug-likeness (QED) is 0.757. The van der Waals surface area contributed by atoms with E-state index in [1.165, 1.54) is 71.4 Å². The van der Waals surface area contributed by atoms with Crippen LogP contribution in [-0.2, 0) is 0 Å². The summed E-state index contributed by atoms with van der Waals surface area (Å²) in [4.78, 5) is 5.12. The van der Waals surface area contributed by atoms with Crippen molar-refractivity contribution in [2.45, 2.75) is 38.1 Å². The summed E-state index contributed by atoms with van der Waals surface area (Å²) < 4.78 is 0. The lowest BCUT2D eigenvalue weighted by molar-refractivity contribution is 0.191. The van der Waals surface area contributed by atoms with E-state index in [4.69, 9.17) is 0 Å². The van der Waals surface area contributed by atoms with Crippen molar-refractivity contribution in [1.82, 2.24) is 15.1 Å². The SMILES string of the molecule is CN(CCN1CCCCC1)CC1CCCN1. The normalized spacial score (nSPS) is 27.8. The Labute approximate surface area is 100 Å². The molecule has 0 radical (unpaired) electrons. The minimum absolute atomic E-state index is 0.756. The molecule has 2 saturated heterocycles. The number of rotatable bonds is 5. The molecule has 1 N–H and O–H groups in total. The van der Waals surface area contributed by atoms with E-state index < -0.39 is 0 Å². The largest absolute Gasteiger partial charge is 0.313 e. The molecule has 2 fully saturated rings. The van der Waals surface area contributed by atoms with Gasteiger partial charge in [0, 0.05) is 25.7 Å². The predicted octanol–water partition coefficient (Wildman–Crippen LogP) is 1.16. The average Bonchev–Trinajstić information content (AvgIpc) is 2.81. The molecule has 3 heteroatoms. The van der Waals surface area contributed by atoms with Gasteiger partial charge in [-0.25, -0.2) is 0 Å². The van der Waals surface area contributed by atoms with Crippen LogP contribution in [0.3, 0.4) is 0 Å². The van der Waals surface area contributed by atoms with E-state index in [0.717, 1.165) is 6.04 Å². The van der Waals surface area contributed by atoms with Gasteiger partial charge in [0.1, 0.15) is 0 Å². The Bertz CT molecular complexity index is 184. The molecule has 2 aliphatic rings. The van der Waals surface area contributed by atoms with Crippen LogP contribution in [0, 0.1) is 0 Å². The molecule has 0 aromatic rings. The number of nitrogens with zero attached hydrogens (tertiary/aromatic N) is 2. The molecule has 0 amide bonds. The van der Waals surface area contributed by atoms with Crippen molar-refractivity contribution in [3.63, 3.8) is 0 Å². The van der Waals surface area contributed by atoms with Gasteiger partial charge in [-0.3, -0.25) is 0 Å². The second-order valence-electron chi connectivity index (χ2n) is 5.46. The molecule has 0 aromatic carbocycles. The molecule has 0 saturated carbocycles. The summed E-state index contributed by atoms with van der Waals surface area (Å²) in [6.45, 7) is 7.62. The van der Waals surface area contributed by atoms with Crippen LogP contribution < -0.4 is 5.32 Å². The number of nitrogens with one attached hydrogen (secondary N) is 1. The highest BCUT2D eigenvalue weighted by Crippen LogP contribution is 2.09. The van der Waals surface area contributed by atoms with Crippen LogP contribution in [0.5, 0.6) is 0 Å². The monoisotopic (exact) mass is 225 g/mol. The van der Waals surface area contributed by atoms with E-state index >= 15 is 0 Å². The van der Waals surface area contributed by atoms with Crippen LogP contribution >= 0.6 is 0 Å². The van der Waals surface area contributed by atoms with Gasteiger partial charge >= 0.3 is 0 Å². The van der Waals surface area contributed by atoms with Crippen molar-refractivity contribution >= 4 is 0 Å². The topological polar surface area (TPSA) is 18.5 Å². The fourth-order valence-corrected chi connectivity index (χ4v) is 2.88. The van der Waals surface area contributed by atoms with Gasteiger partial charge in [-0.15, -0.1) is 0 Å². The third kappa shape index (κ3) is 4.04. The van der Waals surface area contributed by atoms with Crippen LogP contribution in [0.1, 0.15) is 32.1 Å². The number of hydrogen-bond donors (Lipinski definition) is 1. The first-order valence-corrected chi connectivity index (χ1v) is 6.99. The number of likely N-dealkylation sites (tertiary alicyclic amines) is 1. The summed E-state index contributed by atoms with van der Waals surface area (Å²) in [5.74, 6) is 0. The zero-order chi connectivity index (χ0) is 11.2. The molecular formula is C13H27N3. The zero-order valence-corrected chi connectivity index (χ0v) is 10.7. The van der Waals surface area contributed by atoms with Crippen LogP contribution in [0.4, 0.5) is 0 Å². The fourth-order valence-electron chi connectivity index (χ4n) is 2.88. The number of piperidine rings is 1. The Kier molecular flexibility index (Phi) is 5.07. The third-order valence-corrected chi connectivity index (χ3v) is 3.94. The Morgan fingerprint density at radius 2 is 2.00 bits per heavy atom. The summed E-state index contributed by atoms with van der Waals surface area (Å²) in [5, 5.41) is 3.57. The molecule has 94 valence electrons.